The van der Waals surface area contributed by atoms with Crippen LogP contribution in [-0.4, -0.2) is 79.6 Å². The minimum Gasteiger partial charge on any atom is -0.497 e. The second-order valence-electron chi connectivity index (χ2n) is 20.9. The number of para-hydroxylation sites is 1. The lowest BCUT2D eigenvalue weighted by atomic mass is 9.61. The molecule has 5 atom stereocenters. The third-order valence-corrected chi connectivity index (χ3v) is 14.4. The number of hydrogen-bond donors (Lipinski definition) is 2. The minimum absolute atomic E-state index is 0.00432. The molecule has 1 saturated heterocycles. The van der Waals surface area contributed by atoms with Crippen LogP contribution in [0.2, 0.25) is 0 Å². The number of hydrogen-bond acceptors (Lipinski definition) is 13. The maximum atomic E-state index is 16.1. The molecule has 15 nitrogen and oxygen atoms in total. The zero-order valence-corrected chi connectivity index (χ0v) is 42.5. The van der Waals surface area contributed by atoms with Gasteiger partial charge in [-0.25, -0.2) is 4.98 Å². The van der Waals surface area contributed by atoms with Crippen molar-refractivity contribution < 1.29 is 33.2 Å². The van der Waals surface area contributed by atoms with E-state index in [1.807, 2.05) is 132 Å². The van der Waals surface area contributed by atoms with Gasteiger partial charge in [-0.2, -0.15) is 10.2 Å². The average Bonchev–Trinajstić information content (AvgIpc) is 3.51. The molecule has 15 heteroatoms. The third-order valence-electron chi connectivity index (χ3n) is 14.4. The Morgan fingerprint density at radius 1 is 0.873 bits per heavy atom. The van der Waals surface area contributed by atoms with Crippen molar-refractivity contribution in [2.24, 2.45) is 5.92 Å². The number of aromatic nitrogens is 4. The Morgan fingerprint density at radius 3 is 2.03 bits per heavy atom. The maximum absolute atomic E-state index is 16.1. The first-order valence-corrected chi connectivity index (χ1v) is 24.4. The van der Waals surface area contributed by atoms with E-state index >= 15 is 4.79 Å². The number of carbonyl (C=O) groups is 1. The second kappa shape index (κ2) is 17.8. The normalized spacial score (nSPS) is 23.5. The van der Waals surface area contributed by atoms with Crippen molar-refractivity contribution in [1.29, 1.82) is 5.26 Å². The fourth-order valence-corrected chi connectivity index (χ4v) is 11.7. The molecule has 9 rings (SSSR count). The molecule has 6 aromatic rings. The number of H-pyrrole nitrogens is 1. The van der Waals surface area contributed by atoms with Crippen molar-refractivity contribution in [1.82, 2.24) is 19.5 Å². The lowest BCUT2D eigenvalue weighted by Crippen LogP contribution is -2.77. The number of imidazole rings is 1. The zero-order valence-electron chi connectivity index (χ0n) is 42.5. The van der Waals surface area contributed by atoms with Crippen molar-refractivity contribution in [3.63, 3.8) is 0 Å². The molecule has 372 valence electrons. The van der Waals surface area contributed by atoms with Gasteiger partial charge in [0.25, 0.3) is 5.56 Å². The number of rotatable bonds is 18. The highest BCUT2D eigenvalue weighted by molar-refractivity contribution is 5.94. The molecule has 71 heavy (non-hydrogen) atoms. The number of nitrogens with two attached hydrogens (primary N) is 1. The first kappa shape index (κ1) is 49.3. The van der Waals surface area contributed by atoms with Crippen molar-refractivity contribution in [3.05, 3.63) is 136 Å². The van der Waals surface area contributed by atoms with E-state index in [1.54, 1.807) is 18.8 Å². The van der Waals surface area contributed by atoms with Crippen molar-refractivity contribution in [2.45, 2.75) is 140 Å². The number of nitriles is 1. The number of aryl methyl sites for hydroxylation is 1. The predicted octanol–water partition coefficient (Wildman–Crippen LogP) is 9.22. The van der Waals surface area contributed by atoms with Crippen LogP contribution in [0.4, 0.5) is 11.6 Å². The number of anilines is 2. The van der Waals surface area contributed by atoms with Crippen LogP contribution < -0.4 is 30.4 Å². The first-order valence-electron chi connectivity index (χ1n) is 24.4. The minimum atomic E-state index is -1.97. The van der Waals surface area contributed by atoms with E-state index in [1.165, 1.54) is 6.33 Å². The number of nitrogens with one attached hydrogen (secondary N) is 1. The number of aromatic amines is 1. The van der Waals surface area contributed by atoms with Crippen LogP contribution in [0.5, 0.6) is 17.2 Å². The van der Waals surface area contributed by atoms with Gasteiger partial charge in [-0.1, -0.05) is 80.6 Å². The summed E-state index contributed by atoms with van der Waals surface area (Å²) in [6.07, 6.45) is 1.25. The molecule has 2 aliphatic carbocycles. The number of benzene rings is 4. The number of methoxy groups -OCH3 is 2. The molecule has 3 fully saturated rings. The monoisotopic (exact) mass is 963 g/mol. The van der Waals surface area contributed by atoms with Crippen LogP contribution in [0.3, 0.4) is 0 Å². The van der Waals surface area contributed by atoms with Gasteiger partial charge in [0.2, 0.25) is 11.5 Å². The van der Waals surface area contributed by atoms with Crippen LogP contribution in [0.15, 0.2) is 108 Å². The van der Waals surface area contributed by atoms with Crippen LogP contribution in [0.1, 0.15) is 110 Å². The van der Waals surface area contributed by atoms with E-state index < -0.39 is 51.3 Å². The molecule has 1 unspecified atom stereocenters. The van der Waals surface area contributed by atoms with Gasteiger partial charge in [0.1, 0.15) is 34.1 Å². The molecule has 0 radical (unpaired) electrons. The summed E-state index contributed by atoms with van der Waals surface area (Å²) in [4.78, 5) is 43.7. The van der Waals surface area contributed by atoms with Crippen molar-refractivity contribution >= 4 is 28.6 Å². The SMILES string of the molecule is COc1ccc(C(OC23C[C@]4(Oc5cccc(CCC#N)c5N(C(C)C)C(C)C)[C@](OC(C)(C)C)(C(=O)C(C)C)[C@H](n5cnc6c(=O)[nH]c(N)nc65)O[C@]24C3)(c2ccccc2)c2ccc(OC)cc2)cc1. The van der Waals surface area contributed by atoms with Gasteiger partial charge in [0.05, 0.1) is 37.9 Å². The van der Waals surface area contributed by atoms with E-state index in [2.05, 4.69) is 53.6 Å². The summed E-state index contributed by atoms with van der Waals surface area (Å²) in [6, 6.07) is 34.0. The number of carbonyl (C=O) groups excluding carboxylic acids is 1. The molecule has 1 spiro atoms. The van der Waals surface area contributed by atoms with Crippen molar-refractivity contribution in [2.75, 3.05) is 24.9 Å². The van der Waals surface area contributed by atoms with E-state index in [4.69, 9.17) is 34.2 Å². The topological polar surface area (TPSA) is 189 Å². The first-order chi connectivity index (χ1) is 33.8. The summed E-state index contributed by atoms with van der Waals surface area (Å²) >= 11 is 0. The predicted molar refractivity (Wildman–Crippen MR) is 271 cm³/mol. The van der Waals surface area contributed by atoms with Gasteiger partial charge in [-0.3, -0.25) is 19.1 Å². The smallest absolute Gasteiger partial charge is 0.280 e. The van der Waals surface area contributed by atoms with Crippen LogP contribution in [-0.2, 0) is 31.0 Å². The van der Waals surface area contributed by atoms with Gasteiger partial charge in [0, 0.05) is 37.3 Å². The standard InChI is InChI=1S/C56H65N7O8/c1-34(2)46(64)56(70-51(7,8)9)49(62-33-59-44-47(62)60-50(58)61-48(44)65)69-53-31-52(53,32-54(53,56)68-43-21-15-17-37(18-16-30-57)45(43)63(35(3)4)36(5)6)71-55(38-19-13-12-14-20-38,39-22-26-41(66-10)27-23-39)40-24-28-42(67-11)29-25-40/h12-15,17,19-29,33-36,49H,16,18,31-32H2,1-11H3,(H3,58,60,61,65)/t49-,52?,53-,54-,56+/m1/s1. The summed E-state index contributed by atoms with van der Waals surface area (Å²) in [7, 11) is 3.27. The Bertz CT molecular complexity index is 2990. The highest BCUT2D eigenvalue weighted by Crippen LogP contribution is 2.84. The van der Waals surface area contributed by atoms with Gasteiger partial charge >= 0.3 is 0 Å². The molecule has 3 heterocycles. The van der Waals surface area contributed by atoms with Gasteiger partial charge < -0.3 is 39.1 Å². The fraction of sp³-hybridized carbons (Fsp3) is 0.446. The fourth-order valence-electron chi connectivity index (χ4n) is 11.7. The van der Waals surface area contributed by atoms with E-state index in [0.717, 1.165) is 27.9 Å². The molecular weight excluding hydrogens is 899 g/mol. The number of ether oxygens (including phenoxy) is 6. The van der Waals surface area contributed by atoms with Crippen LogP contribution in [0.25, 0.3) is 11.2 Å². The Labute approximate surface area is 415 Å². The summed E-state index contributed by atoms with van der Waals surface area (Å²) in [5.41, 5.74) is 1.55. The molecule has 1 aliphatic heterocycles. The number of nitrogens with zero attached hydrogens (tertiary/aromatic N) is 5. The van der Waals surface area contributed by atoms with Gasteiger partial charge in [0.15, 0.2) is 28.8 Å². The summed E-state index contributed by atoms with van der Waals surface area (Å²) in [6.45, 7) is 17.9. The quantitative estimate of drug-likeness (QED) is 0.0777. The zero-order chi connectivity index (χ0) is 50.9. The summed E-state index contributed by atoms with van der Waals surface area (Å²) < 4.78 is 44.2. The van der Waals surface area contributed by atoms with Crippen LogP contribution in [0, 0.1) is 17.2 Å². The lowest BCUT2D eigenvalue weighted by Gasteiger charge is -2.57. The van der Waals surface area contributed by atoms with Gasteiger partial charge in [-0.15, -0.1) is 0 Å². The molecule has 4 aromatic carbocycles. The number of fused-ring (bicyclic) bond motifs is 1. The maximum Gasteiger partial charge on any atom is 0.280 e. The molecule has 0 bridgehead atoms. The number of ketones is 1. The molecule has 2 saturated carbocycles. The third kappa shape index (κ3) is 7.56. The second-order valence-corrected chi connectivity index (χ2v) is 20.9. The molecule has 3 N–H and O–H groups in total. The largest absolute Gasteiger partial charge is 0.497 e. The number of nitrogen functional groups attached to an aromatic ring is 1. The van der Waals surface area contributed by atoms with E-state index in [0.29, 0.717) is 23.7 Å². The molecular formula is C56H65N7O8. The summed E-state index contributed by atoms with van der Waals surface area (Å²) in [5.74, 6) is 0.789. The van der Waals surface area contributed by atoms with E-state index in [9.17, 15) is 10.1 Å². The van der Waals surface area contributed by atoms with E-state index in [-0.39, 0.29) is 54.2 Å². The molecule has 0 amide bonds. The number of Topliss-reactive ketones (excluding diaryl/α,β-unsaturated/α-hetero) is 1. The Kier molecular flexibility index (Phi) is 12.4. The van der Waals surface area contributed by atoms with Crippen LogP contribution >= 0.6 is 0 Å². The molecule has 2 aromatic heterocycles. The Hall–Kier alpha value is -6.73. The summed E-state index contributed by atoms with van der Waals surface area (Å²) in [5, 5.41) is 9.90. The highest BCUT2D eigenvalue weighted by Gasteiger charge is 3.02. The van der Waals surface area contributed by atoms with Gasteiger partial charge in [-0.05, 0) is 107 Å². The lowest BCUT2D eigenvalue weighted by molar-refractivity contribution is -0.266. The molecule has 3 aliphatic rings. The highest BCUT2D eigenvalue weighted by atomic mass is 16.7. The Balaban J connectivity index is 1.36. The Morgan fingerprint density at radius 2 is 1.48 bits per heavy atom. The average molecular weight is 964 g/mol. The van der Waals surface area contributed by atoms with Crippen molar-refractivity contribution in [3.8, 4) is 23.3 Å².